The van der Waals surface area contributed by atoms with Gasteiger partial charge < -0.3 is 15.6 Å². The van der Waals surface area contributed by atoms with Crippen molar-refractivity contribution in [1.82, 2.24) is 4.98 Å². The number of hydrogen-bond acceptors (Lipinski definition) is 5. The average molecular weight is 316 g/mol. The van der Waals surface area contributed by atoms with Crippen molar-refractivity contribution in [3.63, 3.8) is 0 Å². The fourth-order valence-corrected chi connectivity index (χ4v) is 1.40. The molecule has 0 unspecified atom stereocenters. The number of pyridine rings is 1. The van der Waals surface area contributed by atoms with Gasteiger partial charge in [0.2, 0.25) is 0 Å². The highest BCUT2D eigenvalue weighted by molar-refractivity contribution is 5.95. The number of nitrogens with zero attached hydrogens (tertiary/aromatic N) is 1. The number of anilines is 1. The van der Waals surface area contributed by atoms with Crippen LogP contribution >= 0.6 is 0 Å². The fraction of sp³-hybridized carbons (Fsp3) is 0.154. The summed E-state index contributed by atoms with van der Waals surface area (Å²) >= 11 is 0. The number of alkyl halides is 3. The maximum Gasteiger partial charge on any atom is 0.490 e. The standard InChI is InChI=1S/C11H10N2O2.C2HF3O2/c1-15-11(14)7-2-3-8-6-13-10(12)5-9(8)4-7;3-2(4,5)1(6)7/h2-6H,1H3,(H2,12,13);(H,6,7). The van der Waals surface area contributed by atoms with E-state index in [-0.39, 0.29) is 5.97 Å². The second kappa shape index (κ2) is 6.74. The minimum absolute atomic E-state index is 0.354. The number of nitrogens with two attached hydrogens (primary N) is 1. The third-order valence-electron chi connectivity index (χ3n) is 2.41. The fourth-order valence-electron chi connectivity index (χ4n) is 1.40. The number of aliphatic carboxylic acids is 1. The number of fused-ring (bicyclic) bond motifs is 1. The van der Waals surface area contributed by atoms with Crippen LogP contribution in [0.5, 0.6) is 0 Å². The van der Waals surface area contributed by atoms with Gasteiger partial charge in [0.1, 0.15) is 5.82 Å². The molecule has 0 amide bonds. The van der Waals surface area contributed by atoms with Gasteiger partial charge in [-0.1, -0.05) is 6.07 Å². The largest absolute Gasteiger partial charge is 0.490 e. The first-order valence-corrected chi connectivity index (χ1v) is 5.69. The number of carboxylic acids is 1. The number of hydrogen-bond donors (Lipinski definition) is 2. The number of aromatic nitrogens is 1. The molecule has 0 fully saturated rings. The van der Waals surface area contributed by atoms with Crippen LogP contribution in [0.1, 0.15) is 10.4 Å². The van der Waals surface area contributed by atoms with Gasteiger partial charge in [-0.15, -0.1) is 0 Å². The molecule has 0 saturated heterocycles. The van der Waals surface area contributed by atoms with Crippen molar-refractivity contribution in [1.29, 1.82) is 0 Å². The Morgan fingerprint density at radius 2 is 1.82 bits per heavy atom. The lowest BCUT2D eigenvalue weighted by Gasteiger charge is -2.02. The van der Waals surface area contributed by atoms with Crippen molar-refractivity contribution in [3.8, 4) is 0 Å². The van der Waals surface area contributed by atoms with E-state index in [1.807, 2.05) is 6.07 Å². The number of benzene rings is 1. The Bertz CT molecular complexity index is 701. The highest BCUT2D eigenvalue weighted by Gasteiger charge is 2.38. The van der Waals surface area contributed by atoms with Crippen LogP contribution in [0.25, 0.3) is 10.8 Å². The molecule has 1 aromatic heterocycles. The highest BCUT2D eigenvalue weighted by Crippen LogP contribution is 2.17. The second-order valence-electron chi connectivity index (χ2n) is 3.97. The van der Waals surface area contributed by atoms with Crippen LogP contribution in [0.4, 0.5) is 19.0 Å². The molecule has 0 aliphatic carbocycles. The molecule has 0 saturated carbocycles. The third kappa shape index (κ3) is 4.62. The number of methoxy groups -OCH3 is 1. The summed E-state index contributed by atoms with van der Waals surface area (Å²) in [5.41, 5.74) is 6.07. The van der Waals surface area contributed by atoms with Crippen LogP contribution in [0, 0.1) is 0 Å². The number of carbonyl (C=O) groups is 2. The number of esters is 1. The van der Waals surface area contributed by atoms with E-state index in [4.69, 9.17) is 15.6 Å². The molecule has 6 nitrogen and oxygen atoms in total. The molecule has 2 rings (SSSR count). The lowest BCUT2D eigenvalue weighted by atomic mass is 10.1. The van der Waals surface area contributed by atoms with E-state index in [2.05, 4.69) is 9.72 Å². The minimum atomic E-state index is -5.08. The lowest BCUT2D eigenvalue weighted by Crippen LogP contribution is -2.21. The van der Waals surface area contributed by atoms with Gasteiger partial charge in [-0.25, -0.2) is 14.6 Å². The van der Waals surface area contributed by atoms with Crippen LogP contribution < -0.4 is 5.73 Å². The van der Waals surface area contributed by atoms with Crippen LogP contribution in [0.15, 0.2) is 30.5 Å². The quantitative estimate of drug-likeness (QED) is 0.782. The van der Waals surface area contributed by atoms with Crippen LogP contribution in [0.2, 0.25) is 0 Å². The van der Waals surface area contributed by atoms with E-state index in [0.29, 0.717) is 11.4 Å². The molecule has 22 heavy (non-hydrogen) atoms. The van der Waals surface area contributed by atoms with E-state index in [1.54, 1.807) is 24.4 Å². The summed E-state index contributed by atoms with van der Waals surface area (Å²) in [5, 5.41) is 8.95. The summed E-state index contributed by atoms with van der Waals surface area (Å²) in [6.45, 7) is 0. The second-order valence-corrected chi connectivity index (χ2v) is 3.97. The van der Waals surface area contributed by atoms with Crippen LogP contribution in [0.3, 0.4) is 0 Å². The van der Waals surface area contributed by atoms with Gasteiger partial charge in [0.05, 0.1) is 12.7 Å². The molecule has 1 heterocycles. The third-order valence-corrected chi connectivity index (χ3v) is 2.41. The molecular weight excluding hydrogens is 305 g/mol. The highest BCUT2D eigenvalue weighted by atomic mass is 19.4. The maximum absolute atomic E-state index is 11.3. The molecule has 0 aliphatic heterocycles. The van der Waals surface area contributed by atoms with E-state index < -0.39 is 12.1 Å². The Balaban J connectivity index is 0.000000295. The molecule has 0 aliphatic rings. The van der Waals surface area contributed by atoms with Gasteiger partial charge in [0.25, 0.3) is 0 Å². The number of carbonyl (C=O) groups excluding carboxylic acids is 1. The molecule has 0 atom stereocenters. The summed E-state index contributed by atoms with van der Waals surface area (Å²) in [6, 6.07) is 6.97. The first-order valence-electron chi connectivity index (χ1n) is 5.69. The topological polar surface area (TPSA) is 103 Å². The van der Waals surface area contributed by atoms with Gasteiger partial charge in [-0.3, -0.25) is 0 Å². The summed E-state index contributed by atoms with van der Waals surface area (Å²) in [4.78, 5) is 24.1. The van der Waals surface area contributed by atoms with E-state index in [1.165, 1.54) is 7.11 Å². The summed E-state index contributed by atoms with van der Waals surface area (Å²) < 4.78 is 36.4. The predicted molar refractivity (Wildman–Crippen MR) is 71.2 cm³/mol. The summed E-state index contributed by atoms with van der Waals surface area (Å²) in [7, 11) is 1.35. The number of carboxylic acid groups (broad SMARTS) is 1. The summed E-state index contributed by atoms with van der Waals surface area (Å²) in [6.07, 6.45) is -3.41. The predicted octanol–water partition coefficient (Wildman–Crippen LogP) is 2.24. The van der Waals surface area contributed by atoms with Crippen LogP contribution in [-0.4, -0.2) is 35.3 Å². The molecule has 0 radical (unpaired) electrons. The normalized spacial score (nSPS) is 10.5. The van der Waals surface area contributed by atoms with E-state index in [0.717, 1.165) is 10.8 Å². The Morgan fingerprint density at radius 1 is 1.23 bits per heavy atom. The first kappa shape index (κ1) is 17.2. The van der Waals surface area contributed by atoms with Crippen LogP contribution in [-0.2, 0) is 9.53 Å². The van der Waals surface area contributed by atoms with Gasteiger partial charge in [-0.2, -0.15) is 13.2 Å². The Labute approximate surface area is 122 Å². The van der Waals surface area contributed by atoms with Crippen molar-refractivity contribution >= 4 is 28.5 Å². The molecule has 1 aromatic carbocycles. The lowest BCUT2D eigenvalue weighted by molar-refractivity contribution is -0.192. The van der Waals surface area contributed by atoms with Crippen molar-refractivity contribution < 1.29 is 32.6 Å². The van der Waals surface area contributed by atoms with Crippen molar-refractivity contribution in [2.45, 2.75) is 6.18 Å². The molecular formula is C13H11F3N2O4. The van der Waals surface area contributed by atoms with Gasteiger partial charge >= 0.3 is 18.1 Å². The van der Waals surface area contributed by atoms with Crippen molar-refractivity contribution in [3.05, 3.63) is 36.0 Å². The van der Waals surface area contributed by atoms with Crippen molar-refractivity contribution in [2.24, 2.45) is 0 Å². The molecule has 3 N–H and O–H groups in total. The van der Waals surface area contributed by atoms with Gasteiger partial charge in [-0.05, 0) is 23.6 Å². The number of ether oxygens (including phenoxy) is 1. The average Bonchev–Trinajstić information content (AvgIpc) is 2.45. The Morgan fingerprint density at radius 3 is 2.32 bits per heavy atom. The summed E-state index contributed by atoms with van der Waals surface area (Å²) in [5.74, 6) is -2.68. The smallest absolute Gasteiger partial charge is 0.475 e. The Hall–Kier alpha value is -2.84. The van der Waals surface area contributed by atoms with Crippen molar-refractivity contribution in [2.75, 3.05) is 12.8 Å². The monoisotopic (exact) mass is 316 g/mol. The SMILES string of the molecule is COC(=O)c1ccc2cnc(N)cc2c1.O=C(O)C(F)(F)F. The number of nitrogen functional groups attached to an aromatic ring is 1. The zero-order valence-electron chi connectivity index (χ0n) is 11.2. The zero-order valence-corrected chi connectivity index (χ0v) is 11.2. The van der Waals surface area contributed by atoms with Gasteiger partial charge in [0, 0.05) is 11.6 Å². The van der Waals surface area contributed by atoms with E-state index in [9.17, 15) is 18.0 Å². The zero-order chi connectivity index (χ0) is 16.9. The molecule has 9 heteroatoms. The molecule has 2 aromatic rings. The first-order chi connectivity index (χ1) is 10.1. The number of rotatable bonds is 1. The Kier molecular flexibility index (Phi) is 5.28. The van der Waals surface area contributed by atoms with Gasteiger partial charge in [0.15, 0.2) is 0 Å². The van der Waals surface area contributed by atoms with E-state index >= 15 is 0 Å². The molecule has 118 valence electrons. The maximum atomic E-state index is 11.3. The molecule has 0 bridgehead atoms. The molecule has 0 spiro atoms. The minimum Gasteiger partial charge on any atom is -0.475 e. The number of halogens is 3.